The maximum Gasteiger partial charge on any atom is 0.290 e. The van der Waals surface area contributed by atoms with Gasteiger partial charge >= 0.3 is 0 Å². The molecule has 0 bridgehead atoms. The summed E-state index contributed by atoms with van der Waals surface area (Å²) < 4.78 is 0. The third-order valence-electron chi connectivity index (χ3n) is 0.626. The van der Waals surface area contributed by atoms with Gasteiger partial charge < -0.3 is 5.02 Å². The van der Waals surface area contributed by atoms with E-state index in [9.17, 15) is 0 Å². The lowest BCUT2D eigenvalue weighted by Gasteiger charge is -1.95. The molecule has 2 unspecified atom stereocenters. The molecule has 35 valence electrons. The van der Waals surface area contributed by atoms with Crippen molar-refractivity contribution in [2.45, 2.75) is 12.7 Å². The highest BCUT2D eigenvalue weighted by Gasteiger charge is 1.94. The van der Waals surface area contributed by atoms with Gasteiger partial charge in [-0.3, -0.25) is 0 Å². The van der Waals surface area contributed by atoms with Crippen LogP contribution in [0.5, 0.6) is 0 Å². The summed E-state index contributed by atoms with van der Waals surface area (Å²) in [6.45, 7) is 1.95. The van der Waals surface area contributed by atoms with Crippen molar-refractivity contribution < 1.29 is 5.02 Å². The summed E-state index contributed by atoms with van der Waals surface area (Å²) in [4.78, 5) is 0. The van der Waals surface area contributed by atoms with Gasteiger partial charge in [0, 0.05) is 0 Å². The van der Waals surface area contributed by atoms with Gasteiger partial charge in [0.05, 0.1) is 0 Å². The lowest BCUT2D eigenvalue weighted by atomic mass is 9.84. The van der Waals surface area contributed by atoms with E-state index in [1.807, 2.05) is 6.92 Å². The molecule has 0 saturated heterocycles. The van der Waals surface area contributed by atoms with Crippen LogP contribution in [-0.4, -0.2) is 18.7 Å². The second-order valence-electron chi connectivity index (χ2n) is 1.36. The zero-order valence-corrected chi connectivity index (χ0v) is 5.04. The highest BCUT2D eigenvalue weighted by molar-refractivity contribution is 7.16. The highest BCUT2D eigenvalue weighted by atomic mass is 31.0. The summed E-state index contributed by atoms with van der Waals surface area (Å²) in [7, 11) is 3.75. The first-order valence-electron chi connectivity index (χ1n) is 1.99. The Balaban J connectivity index is 2.75. The monoisotopic (exact) mass is 103 g/mol. The van der Waals surface area contributed by atoms with Crippen LogP contribution < -0.4 is 0 Å². The van der Waals surface area contributed by atoms with Gasteiger partial charge in [-0.1, -0.05) is 6.92 Å². The normalized spacial score (nSPS) is 13.8. The van der Waals surface area contributed by atoms with Crippen LogP contribution in [0, 0.1) is 0 Å². The fourth-order valence-electron chi connectivity index (χ4n) is 0.0609. The van der Waals surface area contributed by atoms with Crippen molar-refractivity contribution >= 4 is 16.7 Å². The molecule has 0 aromatic carbocycles. The first kappa shape index (κ1) is 6.45. The molecule has 0 saturated carbocycles. The third kappa shape index (κ3) is 2.68. The molecule has 0 aromatic rings. The summed E-state index contributed by atoms with van der Waals surface area (Å²) in [5.41, 5.74) is 0. The Hall–Kier alpha value is 0.455. The van der Waals surface area contributed by atoms with Gasteiger partial charge in [-0.2, -0.15) is 0 Å². The van der Waals surface area contributed by atoms with Gasteiger partial charge in [-0.25, -0.2) is 0 Å². The third-order valence-corrected chi connectivity index (χ3v) is 1.37. The van der Waals surface area contributed by atoms with E-state index in [-0.39, 0.29) is 0 Å². The molecule has 0 aromatic heterocycles. The van der Waals surface area contributed by atoms with Gasteiger partial charge in [-0.05, 0) is 12.0 Å². The molecule has 3 heteroatoms. The molecule has 0 heterocycles. The fraction of sp³-hybridized carbons (Fsp3) is 1.00. The zero-order valence-electron chi connectivity index (χ0n) is 3.89. The van der Waals surface area contributed by atoms with Crippen molar-refractivity contribution in [2.75, 3.05) is 6.16 Å². The molecule has 2 atom stereocenters. The van der Waals surface area contributed by atoms with Crippen molar-refractivity contribution in [3.8, 4) is 0 Å². The van der Waals surface area contributed by atoms with E-state index in [4.69, 9.17) is 5.02 Å². The van der Waals surface area contributed by atoms with Crippen molar-refractivity contribution in [1.29, 1.82) is 0 Å². The molecule has 0 aliphatic rings. The lowest BCUT2D eigenvalue weighted by Crippen LogP contribution is -1.97. The van der Waals surface area contributed by atoms with Crippen molar-refractivity contribution in [3.63, 3.8) is 0 Å². The minimum absolute atomic E-state index is 0.329. The van der Waals surface area contributed by atoms with E-state index in [1.54, 1.807) is 0 Å². The Bertz CT molecular complexity index is 30.0. The van der Waals surface area contributed by atoms with E-state index in [1.165, 1.54) is 7.48 Å². The van der Waals surface area contributed by atoms with Crippen LogP contribution in [0.15, 0.2) is 0 Å². The summed E-state index contributed by atoms with van der Waals surface area (Å²) in [5.74, 6) is 0.329. The average molecular weight is 103 g/mol. The summed E-state index contributed by atoms with van der Waals surface area (Å²) in [6.07, 6.45) is 0.941. The maximum absolute atomic E-state index is 8.20. The molecule has 0 amide bonds. The minimum atomic E-state index is 0.329. The van der Waals surface area contributed by atoms with Gasteiger partial charge in [0.1, 0.15) is 0 Å². The van der Waals surface area contributed by atoms with Crippen molar-refractivity contribution in [1.82, 2.24) is 0 Å². The van der Waals surface area contributed by atoms with Crippen LogP contribution in [0.3, 0.4) is 0 Å². The average Bonchev–Trinajstić information content (AvgIpc) is 1.65. The van der Waals surface area contributed by atoms with E-state index >= 15 is 0 Å². The Labute approximate surface area is 41.6 Å². The Morgan fingerprint density at radius 2 is 2.50 bits per heavy atom. The second kappa shape index (κ2) is 3.64. The fourth-order valence-corrected chi connectivity index (χ4v) is 0.183. The molecule has 0 aliphatic carbocycles. The largest absolute Gasteiger partial charge is 0.454 e. The Morgan fingerprint density at radius 3 is 2.50 bits per heavy atom. The number of hydrogen-bond donors (Lipinski definition) is 1. The Kier molecular flexibility index (Phi) is 3.91. The molecule has 0 aliphatic heterocycles. The first-order chi connectivity index (χ1) is 2.81. The molecule has 0 spiro atoms. The van der Waals surface area contributed by atoms with Gasteiger partial charge in [0.15, 0.2) is 0 Å². The SMILES string of the molecule is CC([B]O)CP. The smallest absolute Gasteiger partial charge is 0.290 e. The van der Waals surface area contributed by atoms with Crippen molar-refractivity contribution in [2.24, 2.45) is 0 Å². The van der Waals surface area contributed by atoms with Crippen LogP contribution in [0.25, 0.3) is 0 Å². The molecule has 1 radical (unpaired) electrons. The molecular formula is C3H9BOP. The predicted molar refractivity (Wildman–Crippen MR) is 32.0 cm³/mol. The summed E-state index contributed by atoms with van der Waals surface area (Å²) in [5, 5.41) is 8.20. The van der Waals surface area contributed by atoms with Crippen LogP contribution in [0.1, 0.15) is 6.92 Å². The predicted octanol–water partition coefficient (Wildman–Crippen LogP) is 0.281. The molecule has 1 nitrogen and oxygen atoms in total. The number of rotatable bonds is 2. The van der Waals surface area contributed by atoms with Crippen LogP contribution in [-0.2, 0) is 0 Å². The van der Waals surface area contributed by atoms with Crippen LogP contribution in [0.2, 0.25) is 5.82 Å². The first-order valence-corrected chi connectivity index (χ1v) is 2.80. The zero-order chi connectivity index (χ0) is 4.99. The van der Waals surface area contributed by atoms with Gasteiger partial charge in [0.25, 0.3) is 7.48 Å². The Morgan fingerprint density at radius 1 is 2.00 bits per heavy atom. The molecule has 6 heavy (non-hydrogen) atoms. The second-order valence-corrected chi connectivity index (χ2v) is 1.83. The van der Waals surface area contributed by atoms with E-state index in [2.05, 4.69) is 9.24 Å². The van der Waals surface area contributed by atoms with Crippen LogP contribution in [0.4, 0.5) is 0 Å². The molecule has 0 rings (SSSR count). The molecular weight excluding hydrogens is 93.8 g/mol. The standard InChI is InChI=1S/C3H9BOP/c1-3(2-6)4-5/h3,5H,2,6H2,1H3. The van der Waals surface area contributed by atoms with E-state index in [0.29, 0.717) is 5.82 Å². The van der Waals surface area contributed by atoms with Gasteiger partial charge in [-0.15, -0.1) is 9.24 Å². The van der Waals surface area contributed by atoms with Crippen molar-refractivity contribution in [3.05, 3.63) is 0 Å². The van der Waals surface area contributed by atoms with E-state index in [0.717, 1.165) is 6.16 Å². The highest BCUT2D eigenvalue weighted by Crippen LogP contribution is 2.01. The number of hydrogen-bond acceptors (Lipinski definition) is 1. The van der Waals surface area contributed by atoms with E-state index < -0.39 is 0 Å². The lowest BCUT2D eigenvalue weighted by molar-refractivity contribution is 0.588. The summed E-state index contributed by atoms with van der Waals surface area (Å²) >= 11 is 0. The maximum atomic E-state index is 8.20. The quantitative estimate of drug-likeness (QED) is 0.393. The molecule has 0 fully saturated rings. The van der Waals surface area contributed by atoms with Gasteiger partial charge in [0.2, 0.25) is 0 Å². The van der Waals surface area contributed by atoms with Crippen LogP contribution >= 0.6 is 9.24 Å². The topological polar surface area (TPSA) is 20.2 Å². The summed E-state index contributed by atoms with van der Waals surface area (Å²) in [6, 6.07) is 0. The minimum Gasteiger partial charge on any atom is -0.454 e. The molecule has 1 N–H and O–H groups in total.